The summed E-state index contributed by atoms with van der Waals surface area (Å²) in [6.07, 6.45) is -2.21. The summed E-state index contributed by atoms with van der Waals surface area (Å²) in [6, 6.07) is 12.1. The summed E-state index contributed by atoms with van der Waals surface area (Å²) in [5.41, 5.74) is -0.133. The van der Waals surface area contributed by atoms with Crippen molar-refractivity contribution in [3.63, 3.8) is 0 Å². The van der Waals surface area contributed by atoms with Crippen LogP contribution in [0.4, 0.5) is 18.9 Å². The van der Waals surface area contributed by atoms with Crippen LogP contribution in [0.1, 0.15) is 43.0 Å². The van der Waals surface area contributed by atoms with Crippen molar-refractivity contribution >= 4 is 28.5 Å². The van der Waals surface area contributed by atoms with Crippen molar-refractivity contribution in [1.29, 1.82) is 0 Å². The number of carbonyl (C=O) groups is 2. The van der Waals surface area contributed by atoms with Gasteiger partial charge in [0.15, 0.2) is 0 Å². The molecule has 2 aromatic carbocycles. The van der Waals surface area contributed by atoms with Crippen LogP contribution in [0.15, 0.2) is 48.5 Å². The number of amides is 2. The van der Waals surface area contributed by atoms with Gasteiger partial charge >= 0.3 is 6.18 Å². The van der Waals surface area contributed by atoms with Crippen LogP contribution in [-0.4, -0.2) is 27.3 Å². The van der Waals surface area contributed by atoms with Crippen molar-refractivity contribution in [2.24, 2.45) is 5.92 Å². The number of nitrogens with one attached hydrogen (secondary N) is 3. The highest BCUT2D eigenvalue weighted by Gasteiger charge is 2.51. The fourth-order valence-corrected chi connectivity index (χ4v) is 4.23. The Labute approximate surface area is 181 Å². The molecule has 0 aliphatic heterocycles. The summed E-state index contributed by atoms with van der Waals surface area (Å²) in [5.74, 6) is -0.283. The number of para-hydroxylation sites is 2. The summed E-state index contributed by atoms with van der Waals surface area (Å²) >= 11 is 0. The van der Waals surface area contributed by atoms with Crippen LogP contribution in [0.5, 0.6) is 0 Å². The van der Waals surface area contributed by atoms with Crippen molar-refractivity contribution in [3.8, 4) is 0 Å². The first-order chi connectivity index (χ1) is 15.2. The van der Waals surface area contributed by atoms with Crippen LogP contribution in [0, 0.1) is 5.92 Å². The van der Waals surface area contributed by atoms with Crippen molar-refractivity contribution in [2.75, 3.05) is 5.32 Å². The average Bonchev–Trinajstić information content (AvgIpc) is 3.41. The van der Waals surface area contributed by atoms with E-state index in [1.807, 2.05) is 24.3 Å². The van der Waals surface area contributed by atoms with Gasteiger partial charge in [0.25, 0.3) is 0 Å². The van der Waals surface area contributed by atoms with Gasteiger partial charge in [0.2, 0.25) is 11.8 Å². The highest BCUT2D eigenvalue weighted by Crippen LogP contribution is 2.47. The lowest BCUT2D eigenvalue weighted by atomic mass is 9.75. The second-order valence-electron chi connectivity index (χ2n) is 8.55. The first kappa shape index (κ1) is 20.5. The molecule has 5 rings (SSSR count). The predicted molar refractivity (Wildman–Crippen MR) is 112 cm³/mol. The zero-order valence-corrected chi connectivity index (χ0v) is 17.0. The molecule has 2 amide bonds. The number of H-pyrrole nitrogens is 1. The second-order valence-corrected chi connectivity index (χ2v) is 8.55. The summed E-state index contributed by atoms with van der Waals surface area (Å²) < 4.78 is 38.9. The highest BCUT2D eigenvalue weighted by atomic mass is 19.4. The summed E-state index contributed by atoms with van der Waals surface area (Å²) in [6.45, 7) is 0. The van der Waals surface area contributed by atoms with Gasteiger partial charge in [-0.15, -0.1) is 0 Å². The number of hydrogen-bond donors (Lipinski definition) is 3. The smallest absolute Gasteiger partial charge is 0.342 e. The van der Waals surface area contributed by atoms with Gasteiger partial charge in [-0.25, -0.2) is 4.98 Å². The summed E-state index contributed by atoms with van der Waals surface area (Å²) in [5, 5.41) is 5.43. The van der Waals surface area contributed by atoms with Gasteiger partial charge in [-0.1, -0.05) is 18.2 Å². The first-order valence-corrected chi connectivity index (χ1v) is 10.5. The van der Waals surface area contributed by atoms with Crippen molar-refractivity contribution < 1.29 is 22.8 Å². The number of imidazole rings is 1. The van der Waals surface area contributed by atoms with Crippen LogP contribution in [-0.2, 0) is 15.8 Å². The number of aromatic amines is 1. The fourth-order valence-electron chi connectivity index (χ4n) is 4.23. The maximum absolute atomic E-state index is 13.0. The summed E-state index contributed by atoms with van der Waals surface area (Å²) in [4.78, 5) is 33.6. The van der Waals surface area contributed by atoms with E-state index in [0.29, 0.717) is 19.3 Å². The Bertz CT molecular complexity index is 1170. The molecule has 6 nitrogen and oxygen atoms in total. The van der Waals surface area contributed by atoms with Gasteiger partial charge < -0.3 is 15.6 Å². The second kappa shape index (κ2) is 7.36. The largest absolute Gasteiger partial charge is 0.416 e. The van der Waals surface area contributed by atoms with E-state index in [-0.39, 0.29) is 23.4 Å². The van der Waals surface area contributed by atoms with E-state index < -0.39 is 23.2 Å². The van der Waals surface area contributed by atoms with E-state index in [0.717, 1.165) is 35.4 Å². The molecule has 0 saturated heterocycles. The van der Waals surface area contributed by atoms with Gasteiger partial charge in [0.1, 0.15) is 11.4 Å². The van der Waals surface area contributed by atoms with Gasteiger partial charge in [-0.3, -0.25) is 9.59 Å². The Morgan fingerprint density at radius 2 is 1.88 bits per heavy atom. The van der Waals surface area contributed by atoms with Crippen LogP contribution in [0.25, 0.3) is 11.0 Å². The third kappa shape index (κ3) is 3.72. The number of fused-ring (bicyclic) bond motifs is 1. The van der Waals surface area contributed by atoms with Gasteiger partial charge in [-0.05, 0) is 56.0 Å². The third-order valence-corrected chi connectivity index (χ3v) is 6.34. The number of hydrogen-bond acceptors (Lipinski definition) is 3. The van der Waals surface area contributed by atoms with Crippen molar-refractivity contribution in [1.82, 2.24) is 15.3 Å². The van der Waals surface area contributed by atoms with E-state index in [4.69, 9.17) is 0 Å². The Morgan fingerprint density at radius 3 is 2.56 bits per heavy atom. The highest BCUT2D eigenvalue weighted by molar-refractivity contribution is 6.02. The number of halogens is 3. The van der Waals surface area contributed by atoms with Crippen molar-refractivity contribution in [2.45, 2.75) is 43.3 Å². The lowest BCUT2D eigenvalue weighted by Gasteiger charge is -2.41. The molecule has 2 atom stereocenters. The molecule has 166 valence electrons. The molecule has 0 spiro atoms. The Balaban J connectivity index is 1.26. The lowest BCUT2D eigenvalue weighted by Crippen LogP contribution is -2.61. The van der Waals surface area contributed by atoms with E-state index in [9.17, 15) is 22.8 Å². The Kier molecular flexibility index (Phi) is 4.72. The fraction of sp³-hybridized carbons (Fsp3) is 0.348. The van der Waals surface area contributed by atoms with Crippen LogP contribution < -0.4 is 10.6 Å². The molecule has 0 bridgehead atoms. The lowest BCUT2D eigenvalue weighted by molar-refractivity contribution is -0.137. The van der Waals surface area contributed by atoms with Crippen LogP contribution in [0.3, 0.4) is 0 Å². The quantitative estimate of drug-likeness (QED) is 0.549. The van der Waals surface area contributed by atoms with E-state index >= 15 is 0 Å². The SMILES string of the molecule is O=C(NC1(C(=O)Nc2cccc(C(F)(F)F)c2)CCC1)C1C[C@@H]1c1nc2ccccc2[nH]1. The number of carbonyl (C=O) groups excluding carboxylic acids is 2. The number of benzene rings is 2. The monoisotopic (exact) mass is 442 g/mol. The minimum absolute atomic E-state index is 0.0361. The first-order valence-electron chi connectivity index (χ1n) is 10.5. The van der Waals surface area contributed by atoms with Crippen molar-refractivity contribution in [3.05, 3.63) is 59.9 Å². The molecular weight excluding hydrogens is 421 g/mol. The summed E-state index contributed by atoms with van der Waals surface area (Å²) in [7, 11) is 0. The standard InChI is InChI=1S/C23H21F3N4O2/c24-23(25,26)13-5-3-6-14(11-13)27-21(32)22(9-4-10-22)30-20(31)16-12-15(16)19-28-17-7-1-2-8-18(17)29-19/h1-3,5-8,11,15-16H,4,9-10,12H2,(H,27,32)(H,28,29)(H,30,31)/t15-,16?/m0/s1. The Hall–Kier alpha value is -3.36. The third-order valence-electron chi connectivity index (χ3n) is 6.34. The molecule has 32 heavy (non-hydrogen) atoms. The molecule has 1 aromatic heterocycles. The van der Waals surface area contributed by atoms with Gasteiger partial charge in [-0.2, -0.15) is 13.2 Å². The zero-order valence-electron chi connectivity index (χ0n) is 17.0. The van der Waals surface area contributed by atoms with Gasteiger partial charge in [0, 0.05) is 17.5 Å². The maximum Gasteiger partial charge on any atom is 0.416 e. The number of alkyl halides is 3. The number of aromatic nitrogens is 2. The van der Waals surface area contributed by atoms with Crippen LogP contribution >= 0.6 is 0 Å². The predicted octanol–water partition coefficient (Wildman–Crippen LogP) is 4.36. The van der Waals surface area contributed by atoms with E-state index in [1.54, 1.807) is 0 Å². The number of anilines is 1. The molecule has 3 N–H and O–H groups in total. The average molecular weight is 442 g/mol. The Morgan fingerprint density at radius 1 is 1.09 bits per heavy atom. The molecule has 2 saturated carbocycles. The molecule has 1 unspecified atom stereocenters. The number of rotatable bonds is 5. The van der Waals surface area contributed by atoms with E-state index in [1.165, 1.54) is 12.1 Å². The maximum atomic E-state index is 13.0. The molecule has 2 fully saturated rings. The molecule has 1 heterocycles. The minimum atomic E-state index is -4.50. The number of nitrogens with zero attached hydrogens (tertiary/aromatic N) is 1. The topological polar surface area (TPSA) is 86.9 Å². The molecule has 2 aliphatic carbocycles. The molecule has 9 heteroatoms. The minimum Gasteiger partial charge on any atom is -0.342 e. The molecule has 3 aromatic rings. The zero-order chi connectivity index (χ0) is 22.5. The van der Waals surface area contributed by atoms with E-state index in [2.05, 4.69) is 20.6 Å². The normalized spacial score (nSPS) is 21.6. The molecular formula is C23H21F3N4O2. The molecule has 2 aliphatic rings. The molecule has 0 radical (unpaired) electrons. The van der Waals surface area contributed by atoms with Crippen LogP contribution in [0.2, 0.25) is 0 Å². The van der Waals surface area contributed by atoms with Gasteiger partial charge in [0.05, 0.1) is 16.6 Å².